The third-order valence-electron chi connectivity index (χ3n) is 5.13. The van der Waals surface area contributed by atoms with E-state index >= 15 is 0 Å². The first-order chi connectivity index (χ1) is 14.1. The Morgan fingerprint density at radius 1 is 1.10 bits per heavy atom. The van der Waals surface area contributed by atoms with E-state index in [1.165, 1.54) is 0 Å². The highest BCUT2D eigenvalue weighted by Crippen LogP contribution is 2.28. The molecule has 0 bridgehead atoms. The quantitative estimate of drug-likeness (QED) is 0.598. The lowest BCUT2D eigenvalue weighted by Crippen LogP contribution is -2.48. The number of piperazine rings is 1. The largest absolute Gasteiger partial charge is 0.368 e. The van der Waals surface area contributed by atoms with Gasteiger partial charge in [-0.3, -0.25) is 9.78 Å². The van der Waals surface area contributed by atoms with E-state index in [4.69, 9.17) is 4.52 Å². The van der Waals surface area contributed by atoms with Gasteiger partial charge in [0, 0.05) is 61.8 Å². The first-order valence-corrected chi connectivity index (χ1v) is 10.6. The second-order valence-corrected chi connectivity index (χ2v) is 7.90. The highest BCUT2D eigenvalue weighted by atomic mass is 32.2. The second kappa shape index (κ2) is 8.65. The van der Waals surface area contributed by atoms with E-state index in [0.717, 1.165) is 40.8 Å². The van der Waals surface area contributed by atoms with Crippen LogP contribution in [0.4, 0.5) is 5.69 Å². The number of hydrogen-bond donors (Lipinski definition) is 0. The first kappa shape index (κ1) is 19.4. The highest BCUT2D eigenvalue weighted by molar-refractivity contribution is 7.98. The number of aryl methyl sites for hydroxylation is 2. The third-order valence-corrected chi connectivity index (χ3v) is 6.16. The molecule has 150 valence electrons. The Hall–Kier alpha value is -2.87. The number of amides is 1. The summed E-state index contributed by atoms with van der Waals surface area (Å²) in [6.07, 6.45) is 5.32. The predicted octanol–water partition coefficient (Wildman–Crippen LogP) is 3.34. The fraction of sp³-hybridized carbons (Fsp3) is 0.333. The Bertz CT molecular complexity index is 964. The molecule has 3 aromatic rings. The number of hydrogen-bond acceptors (Lipinski definition) is 7. The van der Waals surface area contributed by atoms with Crippen molar-refractivity contribution in [2.45, 2.75) is 24.6 Å². The summed E-state index contributed by atoms with van der Waals surface area (Å²) < 4.78 is 5.24. The number of rotatable bonds is 5. The molecule has 0 radical (unpaired) electrons. The van der Waals surface area contributed by atoms with Crippen LogP contribution in [0.2, 0.25) is 0 Å². The number of anilines is 1. The molecule has 1 aliphatic heterocycles. The van der Waals surface area contributed by atoms with Gasteiger partial charge in [-0.1, -0.05) is 5.16 Å². The Morgan fingerprint density at radius 2 is 1.86 bits per heavy atom. The van der Waals surface area contributed by atoms with Crippen LogP contribution < -0.4 is 4.90 Å². The summed E-state index contributed by atoms with van der Waals surface area (Å²) >= 11 is 1.55. The summed E-state index contributed by atoms with van der Waals surface area (Å²) in [4.78, 5) is 25.9. The zero-order chi connectivity index (χ0) is 20.2. The van der Waals surface area contributed by atoms with Gasteiger partial charge in [0.25, 0.3) is 5.91 Å². The number of pyridine rings is 2. The lowest BCUT2D eigenvalue weighted by atomic mass is 10.2. The standard InChI is InChI=1S/C21H23N5O2S/c1-15-19(16(2)28-24-15)14-29-20-18(4-3-7-23-20)21(27)26-12-10-25(11-13-26)17-5-8-22-9-6-17/h3-9H,10-14H2,1-2H3. The Morgan fingerprint density at radius 3 is 2.55 bits per heavy atom. The average Bonchev–Trinajstić information content (AvgIpc) is 3.10. The number of carbonyl (C=O) groups excluding carboxylic acids is 1. The van der Waals surface area contributed by atoms with Gasteiger partial charge in [-0.05, 0) is 38.1 Å². The summed E-state index contributed by atoms with van der Waals surface area (Å²) in [6.45, 7) is 6.81. The maximum Gasteiger partial charge on any atom is 0.256 e. The minimum absolute atomic E-state index is 0.0359. The molecule has 3 aromatic heterocycles. The minimum Gasteiger partial charge on any atom is -0.368 e. The van der Waals surface area contributed by atoms with Gasteiger partial charge in [0.2, 0.25) is 0 Å². The van der Waals surface area contributed by atoms with Crippen molar-refractivity contribution in [1.82, 2.24) is 20.0 Å². The molecule has 0 saturated carbocycles. The third kappa shape index (κ3) is 4.27. The molecule has 0 aliphatic carbocycles. The van der Waals surface area contributed by atoms with Crippen LogP contribution in [0.5, 0.6) is 0 Å². The van der Waals surface area contributed by atoms with Gasteiger partial charge < -0.3 is 14.3 Å². The first-order valence-electron chi connectivity index (χ1n) is 9.57. The number of aromatic nitrogens is 3. The van der Waals surface area contributed by atoms with E-state index in [9.17, 15) is 4.79 Å². The van der Waals surface area contributed by atoms with Crippen LogP contribution in [-0.2, 0) is 5.75 Å². The van der Waals surface area contributed by atoms with E-state index < -0.39 is 0 Å². The van der Waals surface area contributed by atoms with Crippen LogP contribution in [-0.4, -0.2) is 52.1 Å². The fourth-order valence-electron chi connectivity index (χ4n) is 3.41. The lowest BCUT2D eigenvalue weighted by Gasteiger charge is -2.36. The van der Waals surface area contributed by atoms with Crippen LogP contribution >= 0.6 is 11.8 Å². The topological polar surface area (TPSA) is 75.4 Å². The van der Waals surface area contributed by atoms with Gasteiger partial charge in [0.15, 0.2) is 0 Å². The van der Waals surface area contributed by atoms with E-state index in [-0.39, 0.29) is 5.91 Å². The summed E-state index contributed by atoms with van der Waals surface area (Å²) in [5.41, 5.74) is 3.74. The van der Waals surface area contributed by atoms with Crippen LogP contribution in [0.3, 0.4) is 0 Å². The van der Waals surface area contributed by atoms with Gasteiger partial charge in [0.05, 0.1) is 11.3 Å². The van der Waals surface area contributed by atoms with Gasteiger partial charge in [-0.2, -0.15) is 0 Å². The van der Waals surface area contributed by atoms with E-state index in [1.807, 2.05) is 43.0 Å². The van der Waals surface area contributed by atoms with Gasteiger partial charge in [-0.25, -0.2) is 4.98 Å². The van der Waals surface area contributed by atoms with Crippen molar-refractivity contribution in [1.29, 1.82) is 0 Å². The van der Waals surface area contributed by atoms with Crippen LogP contribution in [0.15, 0.2) is 52.4 Å². The molecule has 1 fully saturated rings. The molecule has 0 N–H and O–H groups in total. The molecule has 1 saturated heterocycles. The monoisotopic (exact) mass is 409 g/mol. The molecule has 4 rings (SSSR count). The van der Waals surface area contributed by atoms with Crippen LogP contribution in [0.1, 0.15) is 27.4 Å². The van der Waals surface area contributed by atoms with Crippen molar-refractivity contribution in [2.75, 3.05) is 31.1 Å². The summed E-state index contributed by atoms with van der Waals surface area (Å²) in [5, 5.41) is 4.74. The molecule has 1 aliphatic rings. The molecular formula is C21H23N5O2S. The molecule has 29 heavy (non-hydrogen) atoms. The maximum absolute atomic E-state index is 13.2. The van der Waals surface area contributed by atoms with Crippen molar-refractivity contribution in [3.05, 3.63) is 65.4 Å². The SMILES string of the molecule is Cc1noc(C)c1CSc1ncccc1C(=O)N1CCN(c2ccncc2)CC1. The molecule has 1 amide bonds. The number of thioether (sulfide) groups is 1. The van der Waals surface area contributed by atoms with Crippen molar-refractivity contribution < 1.29 is 9.32 Å². The molecule has 0 atom stereocenters. The second-order valence-electron chi connectivity index (χ2n) is 6.93. The van der Waals surface area contributed by atoms with Crippen molar-refractivity contribution in [3.8, 4) is 0 Å². The van der Waals surface area contributed by atoms with Crippen molar-refractivity contribution in [2.24, 2.45) is 0 Å². The Balaban J connectivity index is 1.43. The molecule has 0 spiro atoms. The van der Waals surface area contributed by atoms with Crippen LogP contribution in [0, 0.1) is 13.8 Å². The van der Waals surface area contributed by atoms with E-state index in [0.29, 0.717) is 24.4 Å². The molecule has 0 unspecified atom stereocenters. The minimum atomic E-state index is 0.0359. The molecule has 8 heteroatoms. The normalized spacial score (nSPS) is 14.3. The maximum atomic E-state index is 13.2. The smallest absolute Gasteiger partial charge is 0.256 e. The van der Waals surface area contributed by atoms with Crippen molar-refractivity contribution >= 4 is 23.4 Å². The zero-order valence-electron chi connectivity index (χ0n) is 16.5. The fourth-order valence-corrected chi connectivity index (χ4v) is 4.55. The summed E-state index contributed by atoms with van der Waals surface area (Å²) in [6, 6.07) is 7.69. The molecule has 4 heterocycles. The van der Waals surface area contributed by atoms with E-state index in [2.05, 4.69) is 20.0 Å². The molecular weight excluding hydrogens is 386 g/mol. The van der Waals surface area contributed by atoms with E-state index in [1.54, 1.807) is 30.4 Å². The summed E-state index contributed by atoms with van der Waals surface area (Å²) in [7, 11) is 0. The Kier molecular flexibility index (Phi) is 5.80. The van der Waals surface area contributed by atoms with Crippen LogP contribution in [0.25, 0.3) is 0 Å². The average molecular weight is 410 g/mol. The highest BCUT2D eigenvalue weighted by Gasteiger charge is 2.25. The number of carbonyl (C=O) groups is 1. The van der Waals surface area contributed by atoms with Crippen molar-refractivity contribution in [3.63, 3.8) is 0 Å². The van der Waals surface area contributed by atoms with Gasteiger partial charge in [-0.15, -0.1) is 11.8 Å². The predicted molar refractivity (Wildman–Crippen MR) is 112 cm³/mol. The zero-order valence-corrected chi connectivity index (χ0v) is 17.4. The summed E-state index contributed by atoms with van der Waals surface area (Å²) in [5.74, 6) is 1.52. The Labute approximate surface area is 174 Å². The van der Waals surface area contributed by atoms with Gasteiger partial charge in [0.1, 0.15) is 10.8 Å². The lowest BCUT2D eigenvalue weighted by molar-refractivity contribution is 0.0742. The number of nitrogens with zero attached hydrogens (tertiary/aromatic N) is 5. The molecule has 0 aromatic carbocycles. The van der Waals surface area contributed by atoms with Gasteiger partial charge >= 0.3 is 0 Å². The molecule has 7 nitrogen and oxygen atoms in total.